The number of nitrogens with one attached hydrogen (secondary N) is 1. The molecular weight excluding hydrogens is 176 g/mol. The zero-order valence-corrected chi connectivity index (χ0v) is 8.66. The molecular formula is C11H16N2O. The van der Waals surface area contributed by atoms with E-state index in [1.807, 2.05) is 18.2 Å². The number of amides is 2. The Morgan fingerprint density at radius 3 is 2.50 bits per heavy atom. The summed E-state index contributed by atoms with van der Waals surface area (Å²) >= 11 is 0. The van der Waals surface area contributed by atoms with Crippen molar-refractivity contribution in [2.45, 2.75) is 6.42 Å². The molecule has 1 aromatic rings. The minimum absolute atomic E-state index is 0.0408. The Bertz CT molecular complexity index is 283. The van der Waals surface area contributed by atoms with Gasteiger partial charge in [0, 0.05) is 20.6 Å². The lowest BCUT2D eigenvalue weighted by molar-refractivity contribution is 0.217. The van der Waals surface area contributed by atoms with Crippen LogP contribution in [0.15, 0.2) is 30.3 Å². The summed E-state index contributed by atoms with van der Waals surface area (Å²) in [6.07, 6.45) is 0.875. The maximum atomic E-state index is 11.1. The minimum atomic E-state index is -0.0408. The van der Waals surface area contributed by atoms with Gasteiger partial charge in [0.25, 0.3) is 0 Å². The maximum Gasteiger partial charge on any atom is 0.316 e. The SMILES string of the molecule is CN(C)C(=O)NCCc1ccccc1. The van der Waals surface area contributed by atoms with Crippen molar-refractivity contribution in [1.29, 1.82) is 0 Å². The van der Waals surface area contributed by atoms with Gasteiger partial charge >= 0.3 is 6.03 Å². The van der Waals surface area contributed by atoms with E-state index in [1.165, 1.54) is 10.5 Å². The second kappa shape index (κ2) is 5.27. The molecule has 0 aromatic heterocycles. The number of carbonyl (C=O) groups is 1. The van der Waals surface area contributed by atoms with E-state index in [0.717, 1.165) is 6.42 Å². The van der Waals surface area contributed by atoms with Crippen molar-refractivity contribution in [2.75, 3.05) is 20.6 Å². The highest BCUT2D eigenvalue weighted by Crippen LogP contribution is 1.98. The van der Waals surface area contributed by atoms with Crippen molar-refractivity contribution in [3.8, 4) is 0 Å². The number of rotatable bonds is 3. The van der Waals surface area contributed by atoms with Gasteiger partial charge < -0.3 is 10.2 Å². The van der Waals surface area contributed by atoms with Crippen LogP contribution in [-0.2, 0) is 6.42 Å². The molecule has 1 N–H and O–H groups in total. The molecule has 0 unspecified atom stereocenters. The summed E-state index contributed by atoms with van der Waals surface area (Å²) in [6.45, 7) is 0.682. The molecule has 0 spiro atoms. The number of nitrogens with zero attached hydrogens (tertiary/aromatic N) is 1. The first-order chi connectivity index (χ1) is 6.70. The Kier molecular flexibility index (Phi) is 3.98. The highest BCUT2D eigenvalue weighted by molar-refractivity contribution is 5.73. The topological polar surface area (TPSA) is 32.3 Å². The molecule has 0 saturated heterocycles. The van der Waals surface area contributed by atoms with Crippen LogP contribution in [0.1, 0.15) is 5.56 Å². The number of carbonyl (C=O) groups excluding carboxylic acids is 1. The van der Waals surface area contributed by atoms with Crippen LogP contribution < -0.4 is 5.32 Å². The summed E-state index contributed by atoms with van der Waals surface area (Å²) in [5.41, 5.74) is 1.24. The molecule has 3 heteroatoms. The Morgan fingerprint density at radius 1 is 1.29 bits per heavy atom. The Balaban J connectivity index is 2.26. The van der Waals surface area contributed by atoms with Crippen molar-refractivity contribution in [3.05, 3.63) is 35.9 Å². The highest BCUT2D eigenvalue weighted by Gasteiger charge is 2.00. The van der Waals surface area contributed by atoms with Gasteiger partial charge in [0.05, 0.1) is 0 Å². The van der Waals surface area contributed by atoms with Crippen molar-refractivity contribution >= 4 is 6.03 Å². The van der Waals surface area contributed by atoms with E-state index in [1.54, 1.807) is 14.1 Å². The zero-order chi connectivity index (χ0) is 10.4. The molecule has 0 heterocycles. The van der Waals surface area contributed by atoms with Gasteiger partial charge in [0.2, 0.25) is 0 Å². The summed E-state index contributed by atoms with van der Waals surface area (Å²) in [5.74, 6) is 0. The first-order valence-electron chi connectivity index (χ1n) is 4.69. The lowest BCUT2D eigenvalue weighted by Crippen LogP contribution is -2.35. The summed E-state index contributed by atoms with van der Waals surface area (Å²) in [4.78, 5) is 12.7. The Morgan fingerprint density at radius 2 is 1.93 bits per heavy atom. The quantitative estimate of drug-likeness (QED) is 0.773. The van der Waals surface area contributed by atoms with Crippen molar-refractivity contribution in [1.82, 2.24) is 10.2 Å². The smallest absolute Gasteiger partial charge is 0.316 e. The van der Waals surface area contributed by atoms with Gasteiger partial charge in [-0.05, 0) is 12.0 Å². The van der Waals surface area contributed by atoms with E-state index in [9.17, 15) is 4.79 Å². The van der Waals surface area contributed by atoms with Crippen LogP contribution in [-0.4, -0.2) is 31.6 Å². The predicted octanol–water partition coefficient (Wildman–Crippen LogP) is 1.50. The summed E-state index contributed by atoms with van der Waals surface area (Å²) in [5, 5.41) is 2.82. The molecule has 0 atom stereocenters. The summed E-state index contributed by atoms with van der Waals surface area (Å²) in [6, 6.07) is 10.1. The summed E-state index contributed by atoms with van der Waals surface area (Å²) in [7, 11) is 3.47. The van der Waals surface area contributed by atoms with Crippen LogP contribution in [0.3, 0.4) is 0 Å². The van der Waals surface area contributed by atoms with Crippen LogP contribution >= 0.6 is 0 Å². The molecule has 0 fully saturated rings. The van der Waals surface area contributed by atoms with Crippen molar-refractivity contribution in [3.63, 3.8) is 0 Å². The second-order valence-electron chi connectivity index (χ2n) is 3.36. The Labute approximate surface area is 84.7 Å². The molecule has 14 heavy (non-hydrogen) atoms. The molecule has 0 aliphatic rings. The third-order valence-electron chi connectivity index (χ3n) is 1.94. The van der Waals surface area contributed by atoms with Gasteiger partial charge in [-0.1, -0.05) is 30.3 Å². The summed E-state index contributed by atoms with van der Waals surface area (Å²) < 4.78 is 0. The highest BCUT2D eigenvalue weighted by atomic mass is 16.2. The maximum absolute atomic E-state index is 11.1. The monoisotopic (exact) mass is 192 g/mol. The van der Waals surface area contributed by atoms with E-state index in [-0.39, 0.29) is 6.03 Å². The third kappa shape index (κ3) is 3.47. The molecule has 76 valence electrons. The van der Waals surface area contributed by atoms with Gasteiger partial charge in [0.15, 0.2) is 0 Å². The predicted molar refractivity (Wildman–Crippen MR) is 57.2 cm³/mol. The van der Waals surface area contributed by atoms with Gasteiger partial charge in [-0.25, -0.2) is 4.79 Å². The molecule has 2 amide bonds. The van der Waals surface area contributed by atoms with Crippen LogP contribution in [0.5, 0.6) is 0 Å². The fourth-order valence-electron chi connectivity index (χ4n) is 1.12. The van der Waals surface area contributed by atoms with E-state index < -0.39 is 0 Å². The van der Waals surface area contributed by atoms with Crippen molar-refractivity contribution < 1.29 is 4.79 Å². The number of hydrogen-bond acceptors (Lipinski definition) is 1. The third-order valence-corrected chi connectivity index (χ3v) is 1.94. The first kappa shape index (κ1) is 10.6. The standard InChI is InChI=1S/C11H16N2O/c1-13(2)11(14)12-9-8-10-6-4-3-5-7-10/h3-7H,8-9H2,1-2H3,(H,12,14). The average Bonchev–Trinajstić information content (AvgIpc) is 2.19. The van der Waals surface area contributed by atoms with Crippen LogP contribution in [0.2, 0.25) is 0 Å². The van der Waals surface area contributed by atoms with Gasteiger partial charge in [-0.3, -0.25) is 0 Å². The largest absolute Gasteiger partial charge is 0.338 e. The first-order valence-corrected chi connectivity index (χ1v) is 4.69. The fourth-order valence-corrected chi connectivity index (χ4v) is 1.12. The lowest BCUT2D eigenvalue weighted by Gasteiger charge is -2.11. The van der Waals surface area contributed by atoms with E-state index in [2.05, 4.69) is 17.4 Å². The number of benzene rings is 1. The molecule has 0 aliphatic carbocycles. The molecule has 0 bridgehead atoms. The van der Waals surface area contributed by atoms with E-state index >= 15 is 0 Å². The van der Waals surface area contributed by atoms with Gasteiger partial charge in [0.1, 0.15) is 0 Å². The minimum Gasteiger partial charge on any atom is -0.338 e. The molecule has 1 rings (SSSR count). The normalized spacial score (nSPS) is 9.57. The fraction of sp³-hybridized carbons (Fsp3) is 0.364. The second-order valence-corrected chi connectivity index (χ2v) is 3.36. The molecule has 1 aromatic carbocycles. The van der Waals surface area contributed by atoms with Crippen LogP contribution in [0.25, 0.3) is 0 Å². The zero-order valence-electron chi connectivity index (χ0n) is 8.66. The van der Waals surface area contributed by atoms with Crippen molar-refractivity contribution in [2.24, 2.45) is 0 Å². The van der Waals surface area contributed by atoms with Crippen LogP contribution in [0.4, 0.5) is 4.79 Å². The number of hydrogen-bond donors (Lipinski definition) is 1. The molecule has 0 saturated carbocycles. The average molecular weight is 192 g/mol. The van der Waals surface area contributed by atoms with E-state index in [0.29, 0.717) is 6.54 Å². The molecule has 0 radical (unpaired) electrons. The number of urea groups is 1. The van der Waals surface area contributed by atoms with E-state index in [4.69, 9.17) is 0 Å². The Hall–Kier alpha value is -1.51. The van der Waals surface area contributed by atoms with Gasteiger partial charge in [-0.2, -0.15) is 0 Å². The molecule has 0 aliphatic heterocycles. The van der Waals surface area contributed by atoms with Gasteiger partial charge in [-0.15, -0.1) is 0 Å². The lowest BCUT2D eigenvalue weighted by atomic mass is 10.1. The molecule has 3 nitrogen and oxygen atoms in total. The van der Waals surface area contributed by atoms with Crippen LogP contribution in [0, 0.1) is 0 Å².